The fraction of sp³-hybridized carbons (Fsp3) is 0.240. The Morgan fingerprint density at radius 2 is 1.88 bits per heavy atom. The predicted molar refractivity (Wildman–Crippen MR) is 132 cm³/mol. The van der Waals surface area contributed by atoms with Crippen LogP contribution in [0.5, 0.6) is 5.75 Å². The van der Waals surface area contributed by atoms with Gasteiger partial charge >= 0.3 is 5.97 Å². The molecule has 1 aromatic heterocycles. The van der Waals surface area contributed by atoms with Crippen molar-refractivity contribution in [3.05, 3.63) is 90.6 Å². The largest absolute Gasteiger partial charge is 0.497 e. The van der Waals surface area contributed by atoms with Crippen LogP contribution in [-0.4, -0.2) is 30.5 Å². The zero-order valence-electron chi connectivity index (χ0n) is 18.8. The molecule has 0 unspecified atom stereocenters. The van der Waals surface area contributed by atoms with Crippen LogP contribution in [0, 0.1) is 0 Å². The van der Waals surface area contributed by atoms with Gasteiger partial charge in [-0.25, -0.2) is 9.79 Å². The molecule has 170 valence electrons. The third kappa shape index (κ3) is 4.54. The molecule has 0 spiro atoms. The van der Waals surface area contributed by atoms with Gasteiger partial charge < -0.3 is 9.47 Å². The second-order valence-corrected chi connectivity index (χ2v) is 9.24. The Morgan fingerprint density at radius 1 is 1.18 bits per heavy atom. The molecular formula is C25H24N2O4S2. The number of hydrogen-bond acceptors (Lipinski definition) is 7. The number of allylic oxidation sites excluding steroid dienone is 1. The Hall–Kier alpha value is -3.10. The van der Waals surface area contributed by atoms with Crippen LogP contribution in [0.3, 0.4) is 0 Å². The van der Waals surface area contributed by atoms with Crippen LogP contribution in [0.15, 0.2) is 74.5 Å². The van der Waals surface area contributed by atoms with E-state index >= 15 is 0 Å². The average molecular weight is 481 g/mol. The average Bonchev–Trinajstić information content (AvgIpc) is 3.13. The van der Waals surface area contributed by atoms with Crippen molar-refractivity contribution in [2.24, 2.45) is 4.99 Å². The van der Waals surface area contributed by atoms with Crippen molar-refractivity contribution in [3.8, 4) is 5.75 Å². The van der Waals surface area contributed by atoms with Crippen molar-refractivity contribution in [1.29, 1.82) is 0 Å². The van der Waals surface area contributed by atoms with E-state index < -0.39 is 12.0 Å². The van der Waals surface area contributed by atoms with Crippen LogP contribution >= 0.6 is 23.1 Å². The van der Waals surface area contributed by atoms with Crippen LogP contribution in [0.2, 0.25) is 0 Å². The molecule has 0 fully saturated rings. The van der Waals surface area contributed by atoms with Gasteiger partial charge in [0, 0.05) is 4.90 Å². The number of nitrogens with zero attached hydrogens (tertiary/aromatic N) is 2. The van der Waals surface area contributed by atoms with Crippen LogP contribution < -0.4 is 19.6 Å². The molecule has 4 rings (SSSR count). The van der Waals surface area contributed by atoms with E-state index in [9.17, 15) is 9.59 Å². The van der Waals surface area contributed by atoms with Crippen LogP contribution in [0.25, 0.3) is 6.08 Å². The second-order valence-electron chi connectivity index (χ2n) is 7.35. The summed E-state index contributed by atoms with van der Waals surface area (Å²) in [5.41, 5.74) is 2.44. The van der Waals surface area contributed by atoms with Crippen molar-refractivity contribution in [1.82, 2.24) is 4.57 Å². The number of carbonyl (C=O) groups excluding carboxylic acids is 1. The van der Waals surface area contributed by atoms with Gasteiger partial charge in [-0.05, 0) is 61.6 Å². The molecule has 2 aromatic carbocycles. The Balaban J connectivity index is 1.90. The van der Waals surface area contributed by atoms with Crippen molar-refractivity contribution in [3.63, 3.8) is 0 Å². The molecule has 1 atom stereocenters. The molecule has 0 amide bonds. The minimum absolute atomic E-state index is 0.192. The minimum Gasteiger partial charge on any atom is -0.497 e. The predicted octanol–water partition coefficient (Wildman–Crippen LogP) is 3.53. The summed E-state index contributed by atoms with van der Waals surface area (Å²) in [6.45, 7) is 3.77. The molecule has 33 heavy (non-hydrogen) atoms. The first kappa shape index (κ1) is 23.1. The van der Waals surface area contributed by atoms with E-state index in [1.165, 1.54) is 11.3 Å². The van der Waals surface area contributed by atoms with Crippen molar-refractivity contribution < 1.29 is 14.3 Å². The highest BCUT2D eigenvalue weighted by Gasteiger charge is 2.33. The fourth-order valence-corrected chi connectivity index (χ4v) is 5.20. The highest BCUT2D eigenvalue weighted by molar-refractivity contribution is 7.98. The lowest BCUT2D eigenvalue weighted by atomic mass is 9.96. The lowest BCUT2D eigenvalue weighted by Crippen LogP contribution is -2.39. The van der Waals surface area contributed by atoms with E-state index in [4.69, 9.17) is 9.47 Å². The van der Waals surface area contributed by atoms with Gasteiger partial charge in [-0.3, -0.25) is 9.36 Å². The summed E-state index contributed by atoms with van der Waals surface area (Å²) in [6, 6.07) is 14.7. The maximum atomic E-state index is 13.6. The van der Waals surface area contributed by atoms with Gasteiger partial charge in [0.2, 0.25) is 0 Å². The summed E-state index contributed by atoms with van der Waals surface area (Å²) < 4.78 is 12.7. The maximum Gasteiger partial charge on any atom is 0.338 e. The molecule has 8 heteroatoms. The number of thioether (sulfide) groups is 1. The molecule has 0 radical (unpaired) electrons. The smallest absolute Gasteiger partial charge is 0.338 e. The van der Waals surface area contributed by atoms with Gasteiger partial charge in [0.1, 0.15) is 5.75 Å². The summed E-state index contributed by atoms with van der Waals surface area (Å²) >= 11 is 2.98. The normalized spacial score (nSPS) is 15.8. The molecule has 0 bridgehead atoms. The van der Waals surface area contributed by atoms with Crippen LogP contribution in [0.1, 0.15) is 31.0 Å². The summed E-state index contributed by atoms with van der Waals surface area (Å²) in [6.07, 6.45) is 3.89. The van der Waals surface area contributed by atoms with E-state index in [1.54, 1.807) is 37.3 Å². The van der Waals surface area contributed by atoms with Gasteiger partial charge in [0.15, 0.2) is 4.80 Å². The minimum atomic E-state index is -0.632. The number of ether oxygens (including phenoxy) is 2. The van der Waals surface area contributed by atoms with E-state index in [2.05, 4.69) is 4.99 Å². The standard InChI is InChI=1S/C25H24N2O4S2/c1-5-31-24(29)21-15(2)26-25-27(22(21)17-8-10-18(30-3)11-9-17)23(28)20(33-25)14-16-6-12-19(32-4)13-7-16/h6-14,22H,5H2,1-4H3/b20-14+/t22-/m1/s1. The summed E-state index contributed by atoms with van der Waals surface area (Å²) in [7, 11) is 1.60. The molecule has 0 aliphatic carbocycles. The topological polar surface area (TPSA) is 69.9 Å². The van der Waals surface area contributed by atoms with Gasteiger partial charge in [0.05, 0.1) is 35.6 Å². The summed E-state index contributed by atoms with van der Waals surface area (Å²) in [5, 5.41) is 0. The Labute approximate surface area is 199 Å². The third-order valence-electron chi connectivity index (χ3n) is 5.36. The maximum absolute atomic E-state index is 13.6. The van der Waals surface area contributed by atoms with Gasteiger partial charge in [0.25, 0.3) is 5.56 Å². The van der Waals surface area contributed by atoms with Gasteiger partial charge in [-0.2, -0.15) is 0 Å². The first-order chi connectivity index (χ1) is 16.0. The van der Waals surface area contributed by atoms with Gasteiger partial charge in [-0.1, -0.05) is 35.6 Å². The quantitative estimate of drug-likeness (QED) is 0.399. The van der Waals surface area contributed by atoms with Crippen molar-refractivity contribution in [2.45, 2.75) is 24.8 Å². The molecule has 1 aliphatic rings. The number of methoxy groups -OCH3 is 1. The molecule has 3 aromatic rings. The number of esters is 1. The van der Waals surface area contributed by atoms with E-state index in [0.29, 0.717) is 26.4 Å². The van der Waals surface area contributed by atoms with E-state index in [-0.39, 0.29) is 12.2 Å². The van der Waals surface area contributed by atoms with E-state index in [0.717, 1.165) is 16.0 Å². The highest BCUT2D eigenvalue weighted by atomic mass is 32.2. The first-order valence-corrected chi connectivity index (χ1v) is 12.5. The molecule has 0 saturated heterocycles. The number of carbonyl (C=O) groups is 1. The molecule has 0 saturated carbocycles. The second kappa shape index (κ2) is 9.80. The van der Waals surface area contributed by atoms with Crippen molar-refractivity contribution in [2.75, 3.05) is 20.0 Å². The Morgan fingerprint density at radius 3 is 2.48 bits per heavy atom. The van der Waals surface area contributed by atoms with Crippen LogP contribution in [0.4, 0.5) is 0 Å². The lowest BCUT2D eigenvalue weighted by molar-refractivity contribution is -0.139. The number of thiazole rings is 1. The fourth-order valence-electron chi connectivity index (χ4n) is 3.74. The summed E-state index contributed by atoms with van der Waals surface area (Å²) in [5.74, 6) is 0.222. The SMILES string of the molecule is CCOC(=O)C1=C(C)N=c2s/c(=C/c3ccc(SC)cc3)c(=O)n2[C@@H]1c1ccc(OC)cc1. The number of rotatable bonds is 6. The van der Waals surface area contributed by atoms with Gasteiger partial charge in [-0.15, -0.1) is 11.8 Å². The Bertz CT molecular complexity index is 1380. The summed E-state index contributed by atoms with van der Waals surface area (Å²) in [4.78, 5) is 32.8. The lowest BCUT2D eigenvalue weighted by Gasteiger charge is -2.24. The third-order valence-corrected chi connectivity index (χ3v) is 7.09. The Kier molecular flexibility index (Phi) is 6.85. The number of benzene rings is 2. The molecule has 2 heterocycles. The number of fused-ring (bicyclic) bond motifs is 1. The zero-order chi connectivity index (χ0) is 23.5. The zero-order valence-corrected chi connectivity index (χ0v) is 20.5. The molecule has 6 nitrogen and oxygen atoms in total. The number of hydrogen-bond donors (Lipinski definition) is 0. The highest BCUT2D eigenvalue weighted by Crippen LogP contribution is 2.31. The molecule has 1 aliphatic heterocycles. The monoisotopic (exact) mass is 480 g/mol. The number of aromatic nitrogens is 1. The first-order valence-electron chi connectivity index (χ1n) is 10.4. The molecular weight excluding hydrogens is 456 g/mol. The molecule has 0 N–H and O–H groups in total. The van der Waals surface area contributed by atoms with E-state index in [1.807, 2.05) is 60.9 Å². The van der Waals surface area contributed by atoms with Crippen LogP contribution in [-0.2, 0) is 9.53 Å². The van der Waals surface area contributed by atoms with Crippen molar-refractivity contribution >= 4 is 35.1 Å².